The molecule has 0 radical (unpaired) electrons. The van der Waals surface area contributed by atoms with Crippen LogP contribution in [0.3, 0.4) is 0 Å². The monoisotopic (exact) mass is 301 g/mol. The van der Waals surface area contributed by atoms with Crippen molar-refractivity contribution >= 4 is 23.2 Å². The number of benzene rings is 1. The zero-order chi connectivity index (χ0) is 14.1. The average molecular weight is 302 g/mol. The molecule has 1 saturated carbocycles. The Balaban J connectivity index is 1.83. The van der Waals surface area contributed by atoms with Gasteiger partial charge in [-0.05, 0) is 24.5 Å². The lowest BCUT2D eigenvalue weighted by Crippen LogP contribution is -2.32. The summed E-state index contributed by atoms with van der Waals surface area (Å²) >= 11 is 5.61. The van der Waals surface area contributed by atoms with Crippen molar-refractivity contribution in [1.29, 1.82) is 0 Å². The largest absolute Gasteiger partial charge is 0.586 e. The molecule has 1 spiro atoms. The fraction of sp³-hybridized carbons (Fsp3) is 0.462. The summed E-state index contributed by atoms with van der Waals surface area (Å²) in [4.78, 5) is 13.4. The van der Waals surface area contributed by atoms with E-state index >= 15 is 0 Å². The SMILES string of the molecule is O=C(CCl)N1CC2(CC2)c2cc3c(cc21)OC(F)(F)O3. The van der Waals surface area contributed by atoms with Crippen LogP contribution in [0.1, 0.15) is 18.4 Å². The van der Waals surface area contributed by atoms with E-state index in [0.29, 0.717) is 12.2 Å². The van der Waals surface area contributed by atoms with Gasteiger partial charge in [0.1, 0.15) is 5.88 Å². The van der Waals surface area contributed by atoms with Crippen molar-refractivity contribution in [1.82, 2.24) is 0 Å². The van der Waals surface area contributed by atoms with Gasteiger partial charge in [-0.15, -0.1) is 20.4 Å². The van der Waals surface area contributed by atoms with Gasteiger partial charge in [-0.2, -0.15) is 0 Å². The number of carbonyl (C=O) groups excluding carboxylic acids is 1. The minimum absolute atomic E-state index is 0.0280. The number of rotatable bonds is 1. The lowest BCUT2D eigenvalue weighted by molar-refractivity contribution is -0.286. The molecule has 1 fully saturated rings. The summed E-state index contributed by atoms with van der Waals surface area (Å²) in [7, 11) is 0. The number of hydrogen-bond donors (Lipinski definition) is 0. The van der Waals surface area contributed by atoms with E-state index in [9.17, 15) is 13.6 Å². The van der Waals surface area contributed by atoms with Gasteiger partial charge in [0.15, 0.2) is 11.5 Å². The van der Waals surface area contributed by atoms with E-state index in [1.807, 2.05) is 0 Å². The first-order valence-electron chi connectivity index (χ1n) is 6.25. The summed E-state index contributed by atoms with van der Waals surface area (Å²) in [6, 6.07) is 3.02. The lowest BCUT2D eigenvalue weighted by Gasteiger charge is -2.16. The molecule has 0 saturated heterocycles. The highest BCUT2D eigenvalue weighted by molar-refractivity contribution is 6.29. The zero-order valence-electron chi connectivity index (χ0n) is 10.3. The van der Waals surface area contributed by atoms with Crippen molar-refractivity contribution < 1.29 is 23.0 Å². The van der Waals surface area contributed by atoms with Gasteiger partial charge in [-0.3, -0.25) is 4.79 Å². The number of anilines is 1. The maximum atomic E-state index is 13.1. The fourth-order valence-corrected chi connectivity index (χ4v) is 3.12. The molecule has 0 N–H and O–H groups in total. The van der Waals surface area contributed by atoms with Gasteiger partial charge in [0, 0.05) is 18.0 Å². The molecule has 1 amide bonds. The van der Waals surface area contributed by atoms with Crippen molar-refractivity contribution in [3.63, 3.8) is 0 Å². The van der Waals surface area contributed by atoms with Crippen LogP contribution >= 0.6 is 11.6 Å². The predicted octanol–water partition coefficient (Wildman–Crippen LogP) is 2.63. The molecule has 4 rings (SSSR count). The second-order valence-corrected chi connectivity index (χ2v) is 5.64. The van der Waals surface area contributed by atoms with Crippen molar-refractivity contribution in [3.8, 4) is 11.5 Å². The van der Waals surface area contributed by atoms with Crippen LogP contribution in [-0.2, 0) is 10.2 Å². The molecule has 1 aliphatic carbocycles. The minimum atomic E-state index is -3.64. The third-order valence-corrected chi connectivity index (χ3v) is 4.34. The molecule has 7 heteroatoms. The van der Waals surface area contributed by atoms with Crippen LogP contribution in [0.15, 0.2) is 12.1 Å². The van der Waals surface area contributed by atoms with Crippen molar-refractivity contribution in [2.45, 2.75) is 24.6 Å². The van der Waals surface area contributed by atoms with Crippen molar-refractivity contribution in [2.24, 2.45) is 0 Å². The molecule has 106 valence electrons. The Hall–Kier alpha value is -1.56. The van der Waals surface area contributed by atoms with E-state index in [0.717, 1.165) is 18.4 Å². The van der Waals surface area contributed by atoms with E-state index in [1.165, 1.54) is 6.07 Å². The number of carbonyl (C=O) groups is 1. The average Bonchev–Trinajstić information content (AvgIpc) is 3.01. The molecule has 3 aliphatic rings. The number of ether oxygens (including phenoxy) is 2. The second kappa shape index (κ2) is 3.55. The van der Waals surface area contributed by atoms with Gasteiger partial charge < -0.3 is 14.4 Å². The number of fused-ring (bicyclic) bond motifs is 3. The van der Waals surface area contributed by atoms with E-state index in [4.69, 9.17) is 11.6 Å². The molecule has 20 heavy (non-hydrogen) atoms. The van der Waals surface area contributed by atoms with Gasteiger partial charge in [0.05, 0.1) is 5.69 Å². The Morgan fingerprint density at radius 3 is 2.55 bits per heavy atom. The van der Waals surface area contributed by atoms with E-state index < -0.39 is 6.29 Å². The first-order valence-corrected chi connectivity index (χ1v) is 6.78. The first-order chi connectivity index (χ1) is 9.44. The molecule has 0 aromatic heterocycles. The van der Waals surface area contributed by atoms with Crippen LogP contribution in [0.4, 0.5) is 14.5 Å². The quantitative estimate of drug-likeness (QED) is 0.749. The Kier molecular flexibility index (Phi) is 2.17. The van der Waals surface area contributed by atoms with Crippen LogP contribution in [-0.4, -0.2) is 24.6 Å². The maximum absolute atomic E-state index is 13.1. The molecule has 2 aliphatic heterocycles. The van der Waals surface area contributed by atoms with Crippen LogP contribution in [0.5, 0.6) is 11.5 Å². The first kappa shape index (κ1) is 12.2. The number of halogens is 3. The summed E-state index contributed by atoms with van der Waals surface area (Å²) in [6.45, 7) is 0.549. The van der Waals surface area contributed by atoms with Crippen LogP contribution in [0, 0.1) is 0 Å². The molecule has 1 aromatic carbocycles. The molecule has 0 atom stereocenters. The topological polar surface area (TPSA) is 38.8 Å². The second-order valence-electron chi connectivity index (χ2n) is 5.38. The van der Waals surface area contributed by atoms with Gasteiger partial charge >= 0.3 is 6.29 Å². The van der Waals surface area contributed by atoms with Gasteiger partial charge in [-0.1, -0.05) is 0 Å². The summed E-state index contributed by atoms with van der Waals surface area (Å²) < 4.78 is 35.1. The Labute approximate surface area is 118 Å². The van der Waals surface area contributed by atoms with Gasteiger partial charge in [0.2, 0.25) is 5.91 Å². The highest BCUT2D eigenvalue weighted by atomic mass is 35.5. The zero-order valence-corrected chi connectivity index (χ0v) is 11.0. The molecule has 0 bridgehead atoms. The Morgan fingerprint density at radius 1 is 1.30 bits per heavy atom. The highest BCUT2D eigenvalue weighted by Crippen LogP contribution is 2.59. The smallest absolute Gasteiger partial charge is 0.395 e. The fourth-order valence-electron chi connectivity index (χ4n) is 2.98. The maximum Gasteiger partial charge on any atom is 0.586 e. The molecular weight excluding hydrogens is 292 g/mol. The van der Waals surface area contributed by atoms with E-state index in [2.05, 4.69) is 9.47 Å². The van der Waals surface area contributed by atoms with E-state index in [-0.39, 0.29) is 28.7 Å². The molecule has 0 unspecified atom stereocenters. The van der Waals surface area contributed by atoms with Crippen LogP contribution < -0.4 is 14.4 Å². The number of amides is 1. The Morgan fingerprint density at radius 2 is 1.95 bits per heavy atom. The minimum Gasteiger partial charge on any atom is -0.395 e. The number of alkyl halides is 3. The summed E-state index contributed by atoms with van der Waals surface area (Å²) in [5.41, 5.74) is 1.36. The normalized spacial score (nSPS) is 23.1. The summed E-state index contributed by atoms with van der Waals surface area (Å²) in [5.74, 6) is -0.388. The van der Waals surface area contributed by atoms with Crippen LogP contribution in [0.2, 0.25) is 0 Å². The van der Waals surface area contributed by atoms with Crippen molar-refractivity contribution in [2.75, 3.05) is 17.3 Å². The molecule has 2 heterocycles. The predicted molar refractivity (Wildman–Crippen MR) is 66.6 cm³/mol. The third-order valence-electron chi connectivity index (χ3n) is 4.11. The molecule has 1 aromatic rings. The molecular formula is C13H10ClF2NO3. The summed E-state index contributed by atoms with van der Waals surface area (Å²) in [6.07, 6.45) is -1.78. The molecule has 4 nitrogen and oxygen atoms in total. The van der Waals surface area contributed by atoms with Gasteiger partial charge in [0.25, 0.3) is 0 Å². The summed E-state index contributed by atoms with van der Waals surface area (Å²) in [5, 5.41) is 0. The van der Waals surface area contributed by atoms with Crippen molar-refractivity contribution in [3.05, 3.63) is 17.7 Å². The van der Waals surface area contributed by atoms with E-state index in [1.54, 1.807) is 11.0 Å². The highest BCUT2D eigenvalue weighted by Gasteiger charge is 2.55. The lowest BCUT2D eigenvalue weighted by atomic mass is 9.98. The Bertz CT molecular complexity index is 630. The van der Waals surface area contributed by atoms with Crippen LogP contribution in [0.25, 0.3) is 0 Å². The number of nitrogens with zero attached hydrogens (tertiary/aromatic N) is 1. The standard InChI is InChI=1S/C13H10ClF2NO3/c14-5-11(18)17-6-12(1-2-12)7-3-9-10(4-8(7)17)20-13(15,16)19-9/h3-4H,1-2,5-6H2. The van der Waals surface area contributed by atoms with Gasteiger partial charge in [-0.25, -0.2) is 0 Å². The third kappa shape index (κ3) is 1.54. The number of hydrogen-bond acceptors (Lipinski definition) is 3.